The number of carbonyl (C=O) groups excluding carboxylic acids is 1. The molecule has 0 saturated carbocycles. The molecule has 1 N–H and O–H groups in total. The first-order valence-corrected chi connectivity index (χ1v) is 2.33. The Bertz CT molecular complexity index is 266. The highest BCUT2D eigenvalue weighted by Crippen LogP contribution is 1.77. The van der Waals surface area contributed by atoms with E-state index in [4.69, 9.17) is 0 Å². The Kier molecular flexibility index (Phi) is 1.40. The van der Waals surface area contributed by atoms with E-state index in [0.717, 1.165) is 0 Å². The number of nitrogens with one attached hydrogen (secondary N) is 1. The quantitative estimate of drug-likeness (QED) is 0.517. The Balaban J connectivity index is 3.32. The van der Waals surface area contributed by atoms with E-state index < -0.39 is 5.56 Å². The van der Waals surface area contributed by atoms with Gasteiger partial charge in [-0.3, -0.25) is 9.59 Å². The molecule has 4 heteroatoms. The molecule has 1 heterocycles. The lowest BCUT2D eigenvalue weighted by Crippen LogP contribution is -2.11. The summed E-state index contributed by atoms with van der Waals surface area (Å²) in [6, 6.07) is 1.35. The van der Waals surface area contributed by atoms with Crippen LogP contribution in [0.15, 0.2) is 17.1 Å². The lowest BCUT2D eigenvalue weighted by Gasteiger charge is -1.82. The van der Waals surface area contributed by atoms with E-state index in [1.165, 1.54) is 12.3 Å². The molecular weight excluding hydrogens is 120 g/mol. The van der Waals surface area contributed by atoms with Gasteiger partial charge in [0.2, 0.25) is 0 Å². The molecule has 0 atom stereocenters. The molecule has 0 bridgehead atoms. The van der Waals surface area contributed by atoms with Crippen LogP contribution in [-0.2, 0) is 0 Å². The van der Waals surface area contributed by atoms with Crippen LogP contribution in [0.4, 0.5) is 0 Å². The van der Waals surface area contributed by atoms with Crippen LogP contribution >= 0.6 is 0 Å². The standard InChI is InChI=1S/C5H4N2O2/c8-3-4-1-2-6-7-5(4)9/h1-3H,(H,7,9). The molecule has 0 radical (unpaired) electrons. The Morgan fingerprint density at radius 3 is 2.89 bits per heavy atom. The largest absolute Gasteiger partial charge is 0.298 e. The van der Waals surface area contributed by atoms with E-state index in [9.17, 15) is 9.59 Å². The van der Waals surface area contributed by atoms with Gasteiger partial charge in [0.05, 0.1) is 5.56 Å². The summed E-state index contributed by atoms with van der Waals surface area (Å²) >= 11 is 0. The molecular formula is C5H4N2O2. The van der Waals surface area contributed by atoms with Gasteiger partial charge in [-0.1, -0.05) is 0 Å². The molecule has 0 fully saturated rings. The Hall–Kier alpha value is -1.45. The van der Waals surface area contributed by atoms with Crippen molar-refractivity contribution in [3.8, 4) is 0 Å². The summed E-state index contributed by atoms with van der Waals surface area (Å²) in [6.45, 7) is 0. The molecule has 0 amide bonds. The van der Waals surface area contributed by atoms with Crippen LogP contribution < -0.4 is 5.56 Å². The van der Waals surface area contributed by atoms with Crippen molar-refractivity contribution >= 4 is 6.29 Å². The predicted molar refractivity (Wildman–Crippen MR) is 30.2 cm³/mol. The first kappa shape index (κ1) is 5.68. The third-order valence-corrected chi connectivity index (χ3v) is 0.884. The van der Waals surface area contributed by atoms with Crippen LogP contribution in [0.2, 0.25) is 0 Å². The first-order chi connectivity index (χ1) is 4.34. The van der Waals surface area contributed by atoms with Gasteiger partial charge < -0.3 is 0 Å². The number of hydrogen-bond acceptors (Lipinski definition) is 3. The molecule has 0 unspecified atom stereocenters. The van der Waals surface area contributed by atoms with Crippen LogP contribution in [0.5, 0.6) is 0 Å². The highest BCUT2D eigenvalue weighted by molar-refractivity contribution is 5.73. The number of aromatic amines is 1. The van der Waals surface area contributed by atoms with Crippen molar-refractivity contribution in [3.05, 3.63) is 28.2 Å². The minimum atomic E-state index is -0.451. The molecule has 0 spiro atoms. The highest BCUT2D eigenvalue weighted by Gasteiger charge is 1.91. The lowest BCUT2D eigenvalue weighted by molar-refractivity contribution is 0.112. The number of H-pyrrole nitrogens is 1. The summed E-state index contributed by atoms with van der Waals surface area (Å²) < 4.78 is 0. The smallest absolute Gasteiger partial charge is 0.274 e. The van der Waals surface area contributed by atoms with Crippen molar-refractivity contribution in [3.63, 3.8) is 0 Å². The molecule has 1 rings (SSSR count). The van der Waals surface area contributed by atoms with Crippen molar-refractivity contribution in [2.24, 2.45) is 0 Å². The minimum absolute atomic E-state index is 0.102. The van der Waals surface area contributed by atoms with Gasteiger partial charge in [-0.05, 0) is 6.07 Å². The van der Waals surface area contributed by atoms with Crippen LogP contribution in [0.1, 0.15) is 10.4 Å². The Morgan fingerprint density at radius 1 is 1.67 bits per heavy atom. The molecule has 9 heavy (non-hydrogen) atoms. The van der Waals surface area contributed by atoms with Crippen molar-refractivity contribution in [1.29, 1.82) is 0 Å². The summed E-state index contributed by atoms with van der Waals surface area (Å²) in [5.41, 5.74) is -0.350. The zero-order chi connectivity index (χ0) is 6.69. The normalized spacial score (nSPS) is 8.89. The number of rotatable bonds is 1. The van der Waals surface area contributed by atoms with Gasteiger partial charge in [-0.15, -0.1) is 0 Å². The number of aldehydes is 1. The molecule has 1 aromatic rings. The molecule has 0 aliphatic carbocycles. The molecule has 0 saturated heterocycles. The third-order valence-electron chi connectivity index (χ3n) is 0.884. The summed E-state index contributed by atoms with van der Waals surface area (Å²) in [7, 11) is 0. The van der Waals surface area contributed by atoms with E-state index in [1.54, 1.807) is 0 Å². The topological polar surface area (TPSA) is 62.8 Å². The third kappa shape index (κ3) is 1.02. The van der Waals surface area contributed by atoms with Crippen molar-refractivity contribution in [1.82, 2.24) is 10.2 Å². The SMILES string of the molecule is O=Cc1ccn[nH]c1=O. The minimum Gasteiger partial charge on any atom is -0.298 e. The fourth-order valence-corrected chi connectivity index (χ4v) is 0.447. The summed E-state index contributed by atoms with van der Waals surface area (Å²) in [5, 5.41) is 5.51. The van der Waals surface area contributed by atoms with Crippen LogP contribution in [-0.4, -0.2) is 16.5 Å². The molecule has 1 aromatic heterocycles. The van der Waals surface area contributed by atoms with Gasteiger partial charge in [0, 0.05) is 6.20 Å². The van der Waals surface area contributed by atoms with Gasteiger partial charge in [0.25, 0.3) is 5.56 Å². The molecule has 0 aromatic carbocycles. The van der Waals surface area contributed by atoms with E-state index in [1.807, 2.05) is 0 Å². The second-order valence-electron chi connectivity index (χ2n) is 1.46. The maximum atomic E-state index is 10.5. The van der Waals surface area contributed by atoms with Gasteiger partial charge in [-0.25, -0.2) is 5.10 Å². The van der Waals surface area contributed by atoms with Crippen molar-refractivity contribution in [2.45, 2.75) is 0 Å². The second kappa shape index (κ2) is 2.21. The van der Waals surface area contributed by atoms with Crippen molar-refractivity contribution < 1.29 is 4.79 Å². The van der Waals surface area contributed by atoms with E-state index in [2.05, 4.69) is 10.2 Å². The van der Waals surface area contributed by atoms with Gasteiger partial charge in [0.15, 0.2) is 6.29 Å². The van der Waals surface area contributed by atoms with E-state index in [0.29, 0.717) is 6.29 Å². The average Bonchev–Trinajstić information content (AvgIpc) is 1.89. The first-order valence-electron chi connectivity index (χ1n) is 2.33. The highest BCUT2D eigenvalue weighted by atomic mass is 16.1. The molecule has 46 valence electrons. The van der Waals surface area contributed by atoms with Gasteiger partial charge in [-0.2, -0.15) is 5.10 Å². The number of hydrogen-bond donors (Lipinski definition) is 1. The summed E-state index contributed by atoms with van der Waals surface area (Å²) in [6.07, 6.45) is 1.84. The number of aromatic nitrogens is 2. The summed E-state index contributed by atoms with van der Waals surface area (Å²) in [5.74, 6) is 0. The molecule has 0 aliphatic rings. The van der Waals surface area contributed by atoms with Gasteiger partial charge in [0.1, 0.15) is 0 Å². The maximum Gasteiger partial charge on any atom is 0.274 e. The van der Waals surface area contributed by atoms with Gasteiger partial charge >= 0.3 is 0 Å². The fourth-order valence-electron chi connectivity index (χ4n) is 0.447. The maximum absolute atomic E-state index is 10.5. The van der Waals surface area contributed by atoms with Crippen LogP contribution in [0, 0.1) is 0 Å². The lowest BCUT2D eigenvalue weighted by atomic mass is 10.3. The van der Waals surface area contributed by atoms with Crippen molar-refractivity contribution in [2.75, 3.05) is 0 Å². The van der Waals surface area contributed by atoms with Crippen LogP contribution in [0.3, 0.4) is 0 Å². The zero-order valence-corrected chi connectivity index (χ0v) is 4.50. The average molecular weight is 124 g/mol. The predicted octanol–water partition coefficient (Wildman–Crippen LogP) is -0.418. The Morgan fingerprint density at radius 2 is 2.44 bits per heavy atom. The zero-order valence-electron chi connectivity index (χ0n) is 4.50. The Labute approximate surface area is 50.5 Å². The van der Waals surface area contributed by atoms with E-state index >= 15 is 0 Å². The number of carbonyl (C=O) groups is 1. The monoisotopic (exact) mass is 124 g/mol. The summed E-state index contributed by atoms with van der Waals surface area (Å²) in [4.78, 5) is 20.5. The molecule has 0 aliphatic heterocycles. The second-order valence-corrected chi connectivity index (χ2v) is 1.46. The fraction of sp³-hybridized carbons (Fsp3) is 0. The van der Waals surface area contributed by atoms with E-state index in [-0.39, 0.29) is 5.56 Å². The van der Waals surface area contributed by atoms with Crippen LogP contribution in [0.25, 0.3) is 0 Å². The number of nitrogens with zero attached hydrogens (tertiary/aromatic N) is 1. The molecule has 4 nitrogen and oxygen atoms in total.